The summed E-state index contributed by atoms with van der Waals surface area (Å²) in [6.07, 6.45) is -0.433. The number of aliphatic hydroxyl groups excluding tert-OH is 4. The van der Waals surface area contributed by atoms with Gasteiger partial charge < -0.3 is 30.8 Å². The molecule has 0 heterocycles. The third-order valence-corrected chi connectivity index (χ3v) is 2.99. The van der Waals surface area contributed by atoms with E-state index < -0.39 is 37.1 Å². The minimum Gasteiger partial charge on any atom is -0.465 e. The molecule has 1 aliphatic rings. The van der Waals surface area contributed by atoms with E-state index in [4.69, 9.17) is 10.2 Å². The van der Waals surface area contributed by atoms with E-state index in [9.17, 15) is 20.1 Å². The summed E-state index contributed by atoms with van der Waals surface area (Å²) < 4.78 is 0. The summed E-state index contributed by atoms with van der Waals surface area (Å²) in [4.78, 5) is 10.3. The highest BCUT2D eigenvalue weighted by atomic mass is 16.4. The predicted molar refractivity (Wildman–Crippen MR) is 73.3 cm³/mol. The van der Waals surface area contributed by atoms with Crippen LogP contribution in [0.1, 0.15) is 33.1 Å². The fourth-order valence-electron chi connectivity index (χ4n) is 1.82. The maximum absolute atomic E-state index is 10.3. The summed E-state index contributed by atoms with van der Waals surface area (Å²) in [5.41, 5.74) is 0.0755. The van der Waals surface area contributed by atoms with Crippen LogP contribution >= 0.6 is 0 Å². The molecule has 0 aromatic rings. The highest BCUT2D eigenvalue weighted by molar-refractivity contribution is 5.65. The number of amides is 1. The van der Waals surface area contributed by atoms with E-state index in [0.717, 1.165) is 0 Å². The molecule has 1 rings (SSSR count). The summed E-state index contributed by atoms with van der Waals surface area (Å²) in [7, 11) is 0. The summed E-state index contributed by atoms with van der Waals surface area (Å²) >= 11 is 0. The van der Waals surface area contributed by atoms with Gasteiger partial charge in [-0.3, -0.25) is 0 Å². The van der Waals surface area contributed by atoms with E-state index >= 15 is 0 Å². The largest absolute Gasteiger partial charge is 0.465 e. The van der Waals surface area contributed by atoms with Gasteiger partial charge in [0.2, 0.25) is 0 Å². The lowest BCUT2D eigenvalue weighted by molar-refractivity contribution is -0.0633. The minimum atomic E-state index is -1.52. The zero-order valence-electron chi connectivity index (χ0n) is 11.9. The molecule has 4 atom stereocenters. The molecule has 0 bridgehead atoms. The molecule has 7 nitrogen and oxygen atoms in total. The Kier molecular flexibility index (Phi) is 9.15. The average Bonchev–Trinajstić information content (AvgIpc) is 2.40. The molecule has 0 spiro atoms. The van der Waals surface area contributed by atoms with Crippen molar-refractivity contribution in [3.05, 3.63) is 11.6 Å². The van der Waals surface area contributed by atoms with E-state index in [2.05, 4.69) is 13.8 Å². The van der Waals surface area contributed by atoms with Gasteiger partial charge in [-0.05, 0) is 5.57 Å². The van der Waals surface area contributed by atoms with Gasteiger partial charge in [0.25, 0.3) is 0 Å². The van der Waals surface area contributed by atoms with Crippen LogP contribution in [-0.2, 0) is 0 Å². The zero-order valence-corrected chi connectivity index (χ0v) is 11.9. The third kappa shape index (κ3) is 5.87. The van der Waals surface area contributed by atoms with Crippen LogP contribution < -0.4 is 5.32 Å². The second-order valence-corrected chi connectivity index (χ2v) is 4.65. The first-order valence-corrected chi connectivity index (χ1v) is 6.74. The molecule has 0 radical (unpaired) electrons. The predicted octanol–water partition coefficient (Wildman–Crippen LogP) is -0.166. The van der Waals surface area contributed by atoms with E-state index in [-0.39, 0.29) is 5.57 Å². The Morgan fingerprint density at radius 1 is 1.20 bits per heavy atom. The fourth-order valence-corrected chi connectivity index (χ4v) is 1.82. The Morgan fingerprint density at radius 3 is 2.10 bits per heavy atom. The molecule has 20 heavy (non-hydrogen) atoms. The van der Waals surface area contributed by atoms with Crippen molar-refractivity contribution in [1.82, 2.24) is 5.32 Å². The Labute approximate surface area is 118 Å². The van der Waals surface area contributed by atoms with Crippen LogP contribution in [-0.4, -0.2) is 62.6 Å². The maximum Gasteiger partial charge on any atom is 0.405 e. The fraction of sp³-hybridized carbons (Fsp3) is 0.769. The molecule has 0 saturated carbocycles. The van der Waals surface area contributed by atoms with Gasteiger partial charge in [0.1, 0.15) is 18.3 Å². The van der Waals surface area contributed by atoms with Crippen LogP contribution in [0.2, 0.25) is 0 Å². The average molecular weight is 291 g/mol. The number of aliphatic hydroxyl groups is 4. The van der Waals surface area contributed by atoms with E-state index in [1.165, 1.54) is 25.3 Å². The van der Waals surface area contributed by atoms with Gasteiger partial charge in [0, 0.05) is 0 Å². The quantitative estimate of drug-likeness (QED) is 0.399. The smallest absolute Gasteiger partial charge is 0.405 e. The summed E-state index contributed by atoms with van der Waals surface area (Å²) in [5, 5.41) is 47.3. The van der Waals surface area contributed by atoms with Gasteiger partial charge in [-0.2, -0.15) is 0 Å². The number of carboxylic acid groups (broad SMARTS) is 1. The van der Waals surface area contributed by atoms with Gasteiger partial charge in [0.15, 0.2) is 0 Å². The van der Waals surface area contributed by atoms with Crippen molar-refractivity contribution in [3.63, 3.8) is 0 Å². The van der Waals surface area contributed by atoms with Crippen molar-refractivity contribution in [3.8, 4) is 0 Å². The number of carbonyl (C=O) groups is 1. The molecule has 4 unspecified atom stereocenters. The van der Waals surface area contributed by atoms with Crippen LogP contribution in [0.25, 0.3) is 0 Å². The van der Waals surface area contributed by atoms with Crippen molar-refractivity contribution < 1.29 is 30.3 Å². The van der Waals surface area contributed by atoms with Gasteiger partial charge in [0.05, 0.1) is 12.6 Å². The first-order chi connectivity index (χ1) is 9.38. The first kappa shape index (κ1) is 18.9. The molecule has 1 amide bonds. The van der Waals surface area contributed by atoms with Crippen molar-refractivity contribution in [2.24, 2.45) is 0 Å². The lowest BCUT2D eigenvalue weighted by atomic mass is 9.88. The second-order valence-electron chi connectivity index (χ2n) is 4.65. The molecular formula is C13H25NO6. The summed E-state index contributed by atoms with van der Waals surface area (Å²) in [6.45, 7) is 3.91. The van der Waals surface area contributed by atoms with Crippen LogP contribution in [0, 0.1) is 0 Å². The summed E-state index contributed by atoms with van der Waals surface area (Å²) in [5.74, 6) is 0. The normalized spacial score (nSPS) is 29.0. The van der Waals surface area contributed by atoms with E-state index in [1.54, 1.807) is 0 Å². The molecule has 0 aliphatic heterocycles. The molecule has 6 N–H and O–H groups in total. The van der Waals surface area contributed by atoms with Crippen molar-refractivity contribution in [2.75, 3.05) is 6.61 Å². The Hall–Kier alpha value is -1.15. The third-order valence-electron chi connectivity index (χ3n) is 2.99. The SMILES string of the molecule is CCCCC.O=C(O)NC1C=C(CO)C(O)C(O)C1O. The molecule has 7 heteroatoms. The minimum absolute atomic E-state index is 0.0755. The van der Waals surface area contributed by atoms with Crippen molar-refractivity contribution >= 4 is 6.09 Å². The zero-order chi connectivity index (χ0) is 15.7. The van der Waals surface area contributed by atoms with Crippen LogP contribution in [0.4, 0.5) is 4.79 Å². The molecule has 0 aromatic carbocycles. The Balaban J connectivity index is 0.000000621. The monoisotopic (exact) mass is 291 g/mol. The lowest BCUT2D eigenvalue weighted by Crippen LogP contribution is -2.55. The molecule has 0 fully saturated rings. The summed E-state index contributed by atoms with van der Waals surface area (Å²) in [6, 6.07) is -1.04. The van der Waals surface area contributed by atoms with Crippen molar-refractivity contribution in [2.45, 2.75) is 57.5 Å². The number of rotatable bonds is 4. The number of unbranched alkanes of at least 4 members (excludes halogenated alkanes) is 2. The molecule has 0 saturated heterocycles. The highest BCUT2D eigenvalue weighted by Crippen LogP contribution is 2.19. The highest BCUT2D eigenvalue weighted by Gasteiger charge is 2.37. The lowest BCUT2D eigenvalue weighted by Gasteiger charge is -2.33. The topological polar surface area (TPSA) is 130 Å². The number of hydrogen-bond acceptors (Lipinski definition) is 5. The van der Waals surface area contributed by atoms with Gasteiger partial charge >= 0.3 is 6.09 Å². The standard InChI is InChI=1S/C8H13NO6.C5H12/c10-2-3-1-4(9-8(14)15)6(12)7(13)5(3)11;1-3-5-4-2/h1,4-7,9-13H,2H2,(H,14,15);3-5H2,1-2H3. The Morgan fingerprint density at radius 2 is 1.75 bits per heavy atom. The second kappa shape index (κ2) is 9.71. The number of hydrogen-bond donors (Lipinski definition) is 6. The Bertz CT molecular complexity index is 318. The van der Waals surface area contributed by atoms with Gasteiger partial charge in [-0.25, -0.2) is 4.79 Å². The molecule has 118 valence electrons. The van der Waals surface area contributed by atoms with Crippen molar-refractivity contribution in [1.29, 1.82) is 0 Å². The molecule has 0 aromatic heterocycles. The molecule has 1 aliphatic carbocycles. The van der Waals surface area contributed by atoms with Crippen LogP contribution in [0.5, 0.6) is 0 Å². The van der Waals surface area contributed by atoms with Crippen LogP contribution in [0.15, 0.2) is 11.6 Å². The maximum atomic E-state index is 10.3. The van der Waals surface area contributed by atoms with E-state index in [0.29, 0.717) is 0 Å². The molecular weight excluding hydrogens is 266 g/mol. The van der Waals surface area contributed by atoms with Crippen LogP contribution in [0.3, 0.4) is 0 Å². The first-order valence-electron chi connectivity index (χ1n) is 6.74. The number of nitrogens with one attached hydrogen (secondary N) is 1. The van der Waals surface area contributed by atoms with E-state index in [1.807, 2.05) is 5.32 Å². The van der Waals surface area contributed by atoms with Gasteiger partial charge in [-0.1, -0.05) is 39.2 Å². The van der Waals surface area contributed by atoms with Gasteiger partial charge in [-0.15, -0.1) is 0 Å².